The van der Waals surface area contributed by atoms with Crippen LogP contribution in [0, 0.1) is 11.3 Å². The number of nitrogens with two attached hydrogens (primary N) is 1. The molecule has 0 radical (unpaired) electrons. The van der Waals surface area contributed by atoms with Gasteiger partial charge in [-0.05, 0) is 30.4 Å². The van der Waals surface area contributed by atoms with Crippen molar-refractivity contribution in [2.75, 3.05) is 6.54 Å². The molecule has 1 aliphatic rings. The minimum absolute atomic E-state index is 0.00277. The van der Waals surface area contributed by atoms with Gasteiger partial charge in [-0.3, -0.25) is 4.79 Å². The van der Waals surface area contributed by atoms with Gasteiger partial charge in [0, 0.05) is 17.9 Å². The Morgan fingerprint density at radius 2 is 2.10 bits per heavy atom. The van der Waals surface area contributed by atoms with Gasteiger partial charge in [0.25, 0.3) is 0 Å². The van der Waals surface area contributed by atoms with Gasteiger partial charge in [0.2, 0.25) is 5.91 Å². The van der Waals surface area contributed by atoms with Gasteiger partial charge in [-0.2, -0.15) is 0 Å². The van der Waals surface area contributed by atoms with E-state index < -0.39 is 5.41 Å². The third kappa shape index (κ3) is 3.54. The second-order valence-corrected chi connectivity index (χ2v) is 6.30. The Morgan fingerprint density at radius 3 is 2.76 bits per heavy atom. The maximum atomic E-state index is 12.3. The molecule has 1 aliphatic carbocycles. The van der Waals surface area contributed by atoms with E-state index in [-0.39, 0.29) is 17.7 Å². The number of hydrogen-bond donors (Lipinski definition) is 3. The van der Waals surface area contributed by atoms with Crippen molar-refractivity contribution >= 4 is 11.7 Å². The average molecular weight is 289 g/mol. The number of benzene rings is 1. The van der Waals surface area contributed by atoms with Gasteiger partial charge in [0.15, 0.2) is 0 Å². The maximum Gasteiger partial charge on any atom is 0.223 e. The van der Waals surface area contributed by atoms with E-state index in [1.165, 1.54) is 11.1 Å². The van der Waals surface area contributed by atoms with E-state index in [0.717, 1.165) is 19.3 Å². The topological polar surface area (TPSA) is 87.7 Å². The summed E-state index contributed by atoms with van der Waals surface area (Å²) in [4.78, 5) is 12.3. The Balaban J connectivity index is 1.94. The molecule has 1 unspecified atom stereocenters. The smallest absolute Gasteiger partial charge is 0.223 e. The van der Waals surface area contributed by atoms with E-state index in [2.05, 4.69) is 22.6 Å². The first-order valence-corrected chi connectivity index (χ1v) is 7.26. The van der Waals surface area contributed by atoms with E-state index in [1.54, 1.807) is 0 Å². The van der Waals surface area contributed by atoms with Crippen molar-refractivity contribution in [3.63, 3.8) is 0 Å². The third-order valence-corrected chi connectivity index (χ3v) is 4.22. The fourth-order valence-corrected chi connectivity index (χ4v) is 2.60. The van der Waals surface area contributed by atoms with E-state index in [1.807, 2.05) is 26.0 Å². The fourth-order valence-electron chi connectivity index (χ4n) is 2.60. The number of aryl methyl sites for hydroxylation is 1. The van der Waals surface area contributed by atoms with E-state index >= 15 is 0 Å². The molecule has 2 rings (SSSR count). The van der Waals surface area contributed by atoms with Crippen molar-refractivity contribution in [1.82, 2.24) is 5.32 Å². The molecule has 1 aromatic carbocycles. The largest absolute Gasteiger partial charge is 0.409 e. The summed E-state index contributed by atoms with van der Waals surface area (Å²) in [5.41, 5.74) is 7.68. The first kappa shape index (κ1) is 15.4. The number of nitrogens with zero attached hydrogens (tertiary/aromatic N) is 1. The zero-order valence-corrected chi connectivity index (χ0v) is 12.6. The van der Waals surface area contributed by atoms with Crippen molar-refractivity contribution in [1.29, 1.82) is 0 Å². The van der Waals surface area contributed by atoms with Crippen LogP contribution in [0.1, 0.15) is 31.4 Å². The number of rotatable bonds is 4. The van der Waals surface area contributed by atoms with Gasteiger partial charge in [-0.1, -0.05) is 43.3 Å². The van der Waals surface area contributed by atoms with Crippen molar-refractivity contribution < 1.29 is 10.0 Å². The summed E-state index contributed by atoms with van der Waals surface area (Å²) in [5.74, 6) is 0.170. The molecule has 4 N–H and O–H groups in total. The van der Waals surface area contributed by atoms with Crippen LogP contribution in [-0.2, 0) is 17.6 Å². The number of hydrogen-bond acceptors (Lipinski definition) is 3. The molecule has 0 heterocycles. The lowest BCUT2D eigenvalue weighted by molar-refractivity contribution is -0.125. The third-order valence-electron chi connectivity index (χ3n) is 4.22. The molecular weight excluding hydrogens is 266 g/mol. The lowest BCUT2D eigenvalue weighted by Gasteiger charge is -2.27. The monoisotopic (exact) mass is 289 g/mol. The molecule has 1 amide bonds. The second kappa shape index (κ2) is 6.16. The van der Waals surface area contributed by atoms with Gasteiger partial charge in [0.1, 0.15) is 5.84 Å². The van der Waals surface area contributed by atoms with Gasteiger partial charge in [-0.15, -0.1) is 0 Å². The van der Waals surface area contributed by atoms with Crippen molar-refractivity contribution in [2.45, 2.75) is 33.1 Å². The van der Waals surface area contributed by atoms with E-state index in [0.29, 0.717) is 6.54 Å². The molecule has 114 valence electrons. The highest BCUT2D eigenvalue weighted by Crippen LogP contribution is 2.25. The van der Waals surface area contributed by atoms with Crippen LogP contribution in [0.5, 0.6) is 0 Å². The van der Waals surface area contributed by atoms with E-state index in [4.69, 9.17) is 10.9 Å². The minimum Gasteiger partial charge on any atom is -0.409 e. The van der Waals surface area contributed by atoms with Gasteiger partial charge >= 0.3 is 0 Å². The highest BCUT2D eigenvalue weighted by atomic mass is 16.4. The van der Waals surface area contributed by atoms with Crippen molar-refractivity contribution in [3.8, 4) is 0 Å². The molecule has 1 aromatic rings. The number of carbonyl (C=O) groups excluding carboxylic acids is 1. The molecule has 0 saturated heterocycles. The summed E-state index contributed by atoms with van der Waals surface area (Å²) in [7, 11) is 0. The molecule has 1 atom stereocenters. The summed E-state index contributed by atoms with van der Waals surface area (Å²) in [6, 6.07) is 8.28. The number of oxime groups is 1. The summed E-state index contributed by atoms with van der Waals surface area (Å²) in [6.07, 6.45) is 2.59. The van der Waals surface area contributed by atoms with Crippen LogP contribution < -0.4 is 11.1 Å². The molecule has 0 aliphatic heterocycles. The fraction of sp³-hybridized carbons (Fsp3) is 0.500. The van der Waals surface area contributed by atoms with Crippen LogP contribution in [0.2, 0.25) is 0 Å². The maximum absolute atomic E-state index is 12.3. The average Bonchev–Trinajstić information content (AvgIpc) is 2.51. The number of fused-ring (bicyclic) bond motifs is 1. The van der Waals surface area contributed by atoms with Crippen molar-refractivity contribution in [3.05, 3.63) is 35.4 Å². The number of amides is 1. The SMILES string of the molecule is CC(C)(CNC(=O)C1CCc2ccccc2C1)/C(N)=N/O. The number of nitrogens with one attached hydrogen (secondary N) is 1. The first-order chi connectivity index (χ1) is 9.94. The molecule has 0 bridgehead atoms. The summed E-state index contributed by atoms with van der Waals surface area (Å²) in [5, 5.41) is 14.7. The van der Waals surface area contributed by atoms with Crippen LogP contribution in [-0.4, -0.2) is 23.5 Å². The second-order valence-electron chi connectivity index (χ2n) is 6.30. The van der Waals surface area contributed by atoms with Gasteiger partial charge < -0.3 is 16.3 Å². The van der Waals surface area contributed by atoms with Crippen LogP contribution in [0.3, 0.4) is 0 Å². The first-order valence-electron chi connectivity index (χ1n) is 7.26. The van der Waals surface area contributed by atoms with E-state index in [9.17, 15) is 4.79 Å². The summed E-state index contributed by atoms with van der Waals surface area (Å²) < 4.78 is 0. The Bertz CT molecular complexity index is 552. The highest BCUT2D eigenvalue weighted by Gasteiger charge is 2.28. The molecule has 21 heavy (non-hydrogen) atoms. The van der Waals surface area contributed by atoms with Gasteiger partial charge in [0.05, 0.1) is 0 Å². The Labute approximate surface area is 125 Å². The van der Waals surface area contributed by atoms with Crippen LogP contribution >= 0.6 is 0 Å². The molecule has 0 saturated carbocycles. The predicted octanol–water partition coefficient (Wildman–Crippen LogP) is 1.68. The molecule has 0 spiro atoms. The minimum atomic E-state index is -0.559. The zero-order valence-electron chi connectivity index (χ0n) is 12.6. The lowest BCUT2D eigenvalue weighted by Crippen LogP contribution is -2.45. The Hall–Kier alpha value is -2.04. The zero-order chi connectivity index (χ0) is 15.5. The number of amidine groups is 1. The van der Waals surface area contributed by atoms with Crippen LogP contribution in [0.25, 0.3) is 0 Å². The molecule has 5 heteroatoms. The predicted molar refractivity (Wildman–Crippen MR) is 82.2 cm³/mol. The summed E-state index contributed by atoms with van der Waals surface area (Å²) >= 11 is 0. The molecule has 5 nitrogen and oxygen atoms in total. The molecular formula is C16H23N3O2. The molecule has 0 aromatic heterocycles. The molecule has 0 fully saturated rings. The Kier molecular flexibility index (Phi) is 4.50. The summed E-state index contributed by atoms with van der Waals surface area (Å²) in [6.45, 7) is 4.02. The quantitative estimate of drug-likeness (QED) is 0.341. The highest BCUT2D eigenvalue weighted by molar-refractivity contribution is 5.86. The normalized spacial score (nSPS) is 19.0. The van der Waals surface area contributed by atoms with Crippen LogP contribution in [0.4, 0.5) is 0 Å². The van der Waals surface area contributed by atoms with Gasteiger partial charge in [-0.25, -0.2) is 0 Å². The lowest BCUT2D eigenvalue weighted by atomic mass is 9.83. The van der Waals surface area contributed by atoms with Crippen molar-refractivity contribution in [2.24, 2.45) is 22.2 Å². The standard InChI is InChI=1S/C16H23N3O2/c1-16(2,15(17)19-21)10-18-14(20)13-8-7-11-5-3-4-6-12(11)9-13/h3-6,13,21H,7-10H2,1-2H3,(H2,17,19)(H,18,20). The Morgan fingerprint density at radius 1 is 1.43 bits per heavy atom. The number of carbonyl (C=O) groups is 1. The van der Waals surface area contributed by atoms with Crippen LogP contribution in [0.15, 0.2) is 29.4 Å².